The highest BCUT2D eigenvalue weighted by Crippen LogP contribution is 2.10. The van der Waals surface area contributed by atoms with Crippen molar-refractivity contribution in [3.05, 3.63) is 0 Å². The molecule has 1 aliphatic heterocycles. The Morgan fingerprint density at radius 3 is 2.11 bits per heavy atom. The molecule has 0 amide bonds. The fraction of sp³-hybridized carbons (Fsp3) is 0.800. The molecule has 0 aromatic carbocycles. The first kappa shape index (κ1) is 7.05. The third-order valence-corrected chi connectivity index (χ3v) is 2.64. The van der Waals surface area contributed by atoms with Gasteiger partial charge in [-0.2, -0.15) is 0 Å². The van der Waals surface area contributed by atoms with Crippen LogP contribution in [0, 0.1) is 0 Å². The molecule has 0 aromatic heterocycles. The first-order valence-electron chi connectivity index (χ1n) is 2.95. The second-order valence-corrected chi connectivity index (χ2v) is 3.97. The summed E-state index contributed by atoms with van der Waals surface area (Å²) >= 11 is 0. The van der Waals surface area contributed by atoms with Gasteiger partial charge in [-0.25, -0.2) is 8.51 Å². The van der Waals surface area contributed by atoms with Crippen molar-refractivity contribution in [2.75, 3.05) is 13.1 Å². The summed E-state index contributed by atoms with van der Waals surface area (Å²) in [7, 11) is -2.87. The molecule has 1 fully saturated rings. The lowest BCUT2D eigenvalue weighted by Crippen LogP contribution is -2.26. The number of hydrogen-bond acceptors (Lipinski definition) is 1. The molecule has 1 rings (SSSR count). The van der Waals surface area contributed by atoms with E-state index >= 15 is 0 Å². The minimum atomic E-state index is -2.87. The van der Waals surface area contributed by atoms with Crippen molar-refractivity contribution in [1.29, 1.82) is 0 Å². The summed E-state index contributed by atoms with van der Waals surface area (Å²) in [4.78, 5) is 0. The van der Waals surface area contributed by atoms with Crippen molar-refractivity contribution in [3.63, 3.8) is 0 Å². The molecule has 1 N–H and O–H groups in total. The molecule has 1 atom stereocenters. The molecule has 0 radical (unpaired) electrons. The fourth-order valence-electron chi connectivity index (χ4n) is 0.973. The third kappa shape index (κ3) is 1.67. The zero-order valence-corrected chi connectivity index (χ0v) is 6.06. The number of hydrogen-bond donors (Lipinski definition) is 1. The molecule has 0 aromatic rings. The number of rotatable bonds is 1. The van der Waals surface area contributed by atoms with Crippen LogP contribution < -0.4 is 0 Å². The van der Waals surface area contributed by atoms with Crippen molar-refractivity contribution >= 4 is 15.9 Å². The van der Waals surface area contributed by atoms with Gasteiger partial charge in [0.05, 0.1) is 0 Å². The van der Waals surface area contributed by atoms with E-state index in [2.05, 4.69) is 5.87 Å². The largest absolute Gasteiger partial charge is 0.302 e. The van der Waals surface area contributed by atoms with E-state index in [-0.39, 0.29) is 0 Å². The first-order chi connectivity index (χ1) is 4.11. The van der Waals surface area contributed by atoms with E-state index in [1.54, 1.807) is 0 Å². The van der Waals surface area contributed by atoms with Crippen molar-refractivity contribution < 1.29 is 8.76 Å². The highest BCUT2D eigenvalue weighted by atomic mass is 32.2. The SMILES string of the molecule is C=S(=O)(O)N1CCCC1. The second kappa shape index (κ2) is 2.28. The van der Waals surface area contributed by atoms with Crippen LogP contribution in [-0.2, 0) is 9.99 Å². The Hall–Kier alpha value is -0.0600. The van der Waals surface area contributed by atoms with Crippen LogP contribution in [0.1, 0.15) is 12.8 Å². The summed E-state index contributed by atoms with van der Waals surface area (Å²) in [6.07, 6.45) is 2.04. The summed E-state index contributed by atoms with van der Waals surface area (Å²) in [5.41, 5.74) is 0. The molecule has 9 heavy (non-hydrogen) atoms. The summed E-state index contributed by atoms with van der Waals surface area (Å²) in [6, 6.07) is 0. The molecule has 0 spiro atoms. The summed E-state index contributed by atoms with van der Waals surface area (Å²) in [5.74, 6) is 3.16. The monoisotopic (exact) mass is 149 g/mol. The van der Waals surface area contributed by atoms with Gasteiger partial charge < -0.3 is 4.55 Å². The Labute approximate surface area is 55.6 Å². The molecule has 1 aliphatic rings. The Kier molecular flexibility index (Phi) is 1.79. The predicted molar refractivity (Wildman–Crippen MR) is 38.7 cm³/mol. The molecule has 0 bridgehead atoms. The van der Waals surface area contributed by atoms with Gasteiger partial charge >= 0.3 is 0 Å². The van der Waals surface area contributed by atoms with Gasteiger partial charge in [-0.05, 0) is 18.7 Å². The van der Waals surface area contributed by atoms with Gasteiger partial charge in [-0.3, -0.25) is 0 Å². The first-order valence-corrected chi connectivity index (χ1v) is 4.59. The van der Waals surface area contributed by atoms with E-state index in [9.17, 15) is 4.21 Å². The highest BCUT2D eigenvalue weighted by molar-refractivity contribution is 7.92. The summed E-state index contributed by atoms with van der Waals surface area (Å²) in [6.45, 7) is 1.44. The zero-order valence-electron chi connectivity index (χ0n) is 5.25. The molecule has 4 heteroatoms. The van der Waals surface area contributed by atoms with Crippen molar-refractivity contribution in [1.82, 2.24) is 4.31 Å². The maximum Gasteiger partial charge on any atom is 0.140 e. The van der Waals surface area contributed by atoms with Crippen molar-refractivity contribution in [2.45, 2.75) is 12.8 Å². The molecule has 1 unspecified atom stereocenters. The van der Waals surface area contributed by atoms with Gasteiger partial charge in [0.2, 0.25) is 0 Å². The molecule has 1 saturated heterocycles. The van der Waals surface area contributed by atoms with E-state index in [1.165, 1.54) is 4.31 Å². The topological polar surface area (TPSA) is 40.5 Å². The van der Waals surface area contributed by atoms with Crippen LogP contribution in [-0.4, -0.2) is 32.0 Å². The molecule has 0 aliphatic carbocycles. The molecular formula is C5H11NO2S. The van der Waals surface area contributed by atoms with E-state index in [0.717, 1.165) is 25.9 Å². The maximum absolute atomic E-state index is 10.8. The van der Waals surface area contributed by atoms with Gasteiger partial charge in [0.25, 0.3) is 0 Å². The maximum atomic E-state index is 10.8. The van der Waals surface area contributed by atoms with Crippen LogP contribution in [0.2, 0.25) is 0 Å². The van der Waals surface area contributed by atoms with Crippen LogP contribution >= 0.6 is 0 Å². The Morgan fingerprint density at radius 1 is 1.44 bits per heavy atom. The van der Waals surface area contributed by atoms with E-state index in [1.807, 2.05) is 0 Å². The van der Waals surface area contributed by atoms with Crippen LogP contribution in [0.4, 0.5) is 0 Å². The lowest BCUT2D eigenvalue weighted by Gasteiger charge is -2.13. The summed E-state index contributed by atoms with van der Waals surface area (Å²) in [5, 5.41) is 0. The lowest BCUT2D eigenvalue weighted by molar-refractivity contribution is 0.449. The molecule has 54 valence electrons. The van der Waals surface area contributed by atoms with Crippen molar-refractivity contribution in [2.24, 2.45) is 0 Å². The Bertz CT molecular complexity index is 179. The summed E-state index contributed by atoms with van der Waals surface area (Å²) < 4.78 is 21.1. The van der Waals surface area contributed by atoms with Gasteiger partial charge in [-0.15, -0.1) is 0 Å². The van der Waals surface area contributed by atoms with E-state index in [4.69, 9.17) is 4.55 Å². The second-order valence-electron chi connectivity index (χ2n) is 2.24. The quantitative estimate of drug-likeness (QED) is 0.540. The average Bonchev–Trinajstić information content (AvgIpc) is 2.08. The van der Waals surface area contributed by atoms with Crippen LogP contribution in [0.5, 0.6) is 0 Å². The minimum Gasteiger partial charge on any atom is -0.302 e. The molecule has 3 nitrogen and oxygen atoms in total. The zero-order chi connectivity index (χ0) is 6.91. The lowest BCUT2D eigenvalue weighted by atomic mass is 10.4. The van der Waals surface area contributed by atoms with Gasteiger partial charge in [0.1, 0.15) is 9.99 Å². The predicted octanol–water partition coefficient (Wildman–Crippen LogP) is 0.187. The average molecular weight is 149 g/mol. The van der Waals surface area contributed by atoms with Crippen LogP contribution in [0.3, 0.4) is 0 Å². The highest BCUT2D eigenvalue weighted by Gasteiger charge is 2.17. The van der Waals surface area contributed by atoms with Crippen LogP contribution in [0.25, 0.3) is 0 Å². The van der Waals surface area contributed by atoms with Crippen molar-refractivity contribution in [3.8, 4) is 0 Å². The van der Waals surface area contributed by atoms with Crippen LogP contribution in [0.15, 0.2) is 0 Å². The fourth-order valence-corrected chi connectivity index (χ4v) is 1.80. The molecule has 1 heterocycles. The van der Waals surface area contributed by atoms with E-state index in [0.29, 0.717) is 0 Å². The molecular weight excluding hydrogens is 138 g/mol. The third-order valence-electron chi connectivity index (χ3n) is 1.47. The number of nitrogens with zero attached hydrogens (tertiary/aromatic N) is 1. The van der Waals surface area contributed by atoms with E-state index < -0.39 is 9.99 Å². The normalized spacial score (nSPS) is 28.1. The standard InChI is InChI=1S/C5H11NO2S/c1-9(7,8)6-4-2-3-5-6/h1-5H2,(H,7,8). The Balaban J connectivity index is 2.63. The Morgan fingerprint density at radius 2 is 1.89 bits per heavy atom. The van der Waals surface area contributed by atoms with Gasteiger partial charge in [0.15, 0.2) is 0 Å². The van der Waals surface area contributed by atoms with Gasteiger partial charge in [-0.1, -0.05) is 0 Å². The minimum absolute atomic E-state index is 0.721. The smallest absolute Gasteiger partial charge is 0.140 e. The molecule has 0 saturated carbocycles. The van der Waals surface area contributed by atoms with Gasteiger partial charge in [0, 0.05) is 13.1 Å².